The average Bonchev–Trinajstić information content (AvgIpc) is 3.02. The first kappa shape index (κ1) is 16.8. The Morgan fingerprint density at radius 1 is 1.57 bits per heavy atom. The van der Waals surface area contributed by atoms with E-state index in [1.165, 1.54) is 0 Å². The number of carbonyl (C=O) groups excluding carboxylic acids is 1. The Kier molecular flexibility index (Phi) is 4.46. The zero-order valence-corrected chi connectivity index (χ0v) is 15.3. The van der Waals surface area contributed by atoms with E-state index in [0.29, 0.717) is 19.1 Å². The standard InChI is InChI=1S/C16H22N2O3S2/c1-15(2,3)21-14(19)5-13-18-16(12-4-11(17)8-22-12)9-20-6-10(16)7-23-13/h4,8,10H,5-7,9,17H2,1-3H3/t10-,16-/m0/s1. The molecule has 23 heavy (non-hydrogen) atoms. The monoisotopic (exact) mass is 354 g/mol. The Labute approximate surface area is 144 Å². The number of aliphatic imine (C=N–C) groups is 1. The third-order valence-electron chi connectivity index (χ3n) is 3.85. The number of hydrogen-bond acceptors (Lipinski definition) is 7. The Morgan fingerprint density at radius 3 is 3.00 bits per heavy atom. The van der Waals surface area contributed by atoms with Crippen LogP contribution in [0.15, 0.2) is 16.4 Å². The van der Waals surface area contributed by atoms with Gasteiger partial charge >= 0.3 is 5.97 Å². The third kappa shape index (κ3) is 3.56. The van der Waals surface area contributed by atoms with Crippen molar-refractivity contribution in [2.75, 3.05) is 24.7 Å². The van der Waals surface area contributed by atoms with E-state index in [2.05, 4.69) is 0 Å². The number of fused-ring (bicyclic) bond motifs is 1. The van der Waals surface area contributed by atoms with E-state index < -0.39 is 5.60 Å². The number of esters is 1. The van der Waals surface area contributed by atoms with Crippen LogP contribution in [0.3, 0.4) is 0 Å². The van der Waals surface area contributed by atoms with Crippen molar-refractivity contribution >= 4 is 39.8 Å². The molecular formula is C16H22N2O3S2. The van der Waals surface area contributed by atoms with E-state index in [4.69, 9.17) is 20.2 Å². The van der Waals surface area contributed by atoms with Crippen molar-refractivity contribution in [1.82, 2.24) is 0 Å². The minimum Gasteiger partial charge on any atom is -0.460 e. The van der Waals surface area contributed by atoms with Crippen LogP contribution in [0.4, 0.5) is 5.69 Å². The van der Waals surface area contributed by atoms with Gasteiger partial charge in [0.05, 0.1) is 24.7 Å². The third-order valence-corrected chi connectivity index (χ3v) is 6.11. The molecule has 0 bridgehead atoms. The minimum atomic E-state index is -0.476. The molecule has 5 nitrogen and oxygen atoms in total. The van der Waals surface area contributed by atoms with Gasteiger partial charge in [-0.2, -0.15) is 0 Å². The first-order chi connectivity index (χ1) is 10.8. The number of anilines is 1. The van der Waals surface area contributed by atoms with Crippen molar-refractivity contribution in [1.29, 1.82) is 0 Å². The number of nitrogen functional groups attached to an aromatic ring is 1. The summed E-state index contributed by atoms with van der Waals surface area (Å²) in [5.74, 6) is 0.995. The number of thiophene rings is 1. The van der Waals surface area contributed by atoms with Gasteiger partial charge in [0.1, 0.15) is 11.1 Å². The highest BCUT2D eigenvalue weighted by molar-refractivity contribution is 8.14. The number of carbonyl (C=O) groups is 1. The van der Waals surface area contributed by atoms with Crippen molar-refractivity contribution in [3.05, 3.63) is 16.3 Å². The normalized spacial score (nSPS) is 27.4. The number of rotatable bonds is 3. The molecular weight excluding hydrogens is 332 g/mol. The van der Waals surface area contributed by atoms with Crippen LogP contribution in [-0.4, -0.2) is 35.6 Å². The van der Waals surface area contributed by atoms with E-state index in [-0.39, 0.29) is 17.9 Å². The second kappa shape index (κ2) is 6.11. The zero-order chi connectivity index (χ0) is 16.7. The van der Waals surface area contributed by atoms with E-state index in [9.17, 15) is 4.79 Å². The van der Waals surface area contributed by atoms with Crippen LogP contribution >= 0.6 is 23.1 Å². The van der Waals surface area contributed by atoms with Crippen molar-refractivity contribution < 1.29 is 14.3 Å². The largest absolute Gasteiger partial charge is 0.460 e. The van der Waals surface area contributed by atoms with Gasteiger partial charge in [0.2, 0.25) is 0 Å². The van der Waals surface area contributed by atoms with Crippen LogP contribution in [0.1, 0.15) is 32.1 Å². The van der Waals surface area contributed by atoms with Gasteiger partial charge in [-0.25, -0.2) is 0 Å². The maximum atomic E-state index is 12.1. The van der Waals surface area contributed by atoms with Crippen LogP contribution in [0, 0.1) is 5.92 Å². The summed E-state index contributed by atoms with van der Waals surface area (Å²) in [6, 6.07) is 1.98. The number of nitrogens with zero attached hydrogens (tertiary/aromatic N) is 1. The Balaban J connectivity index is 1.84. The number of hydrogen-bond donors (Lipinski definition) is 1. The Bertz CT molecular complexity index is 636. The molecule has 1 aromatic rings. The van der Waals surface area contributed by atoms with Crippen molar-refractivity contribution in [2.45, 2.75) is 38.3 Å². The molecule has 0 amide bonds. The van der Waals surface area contributed by atoms with Gasteiger partial charge in [0, 0.05) is 27.6 Å². The van der Waals surface area contributed by atoms with Gasteiger partial charge < -0.3 is 15.2 Å². The molecule has 0 saturated carbocycles. The Hall–Kier alpha value is -1.05. The highest BCUT2D eigenvalue weighted by Gasteiger charge is 2.49. The molecule has 126 valence electrons. The van der Waals surface area contributed by atoms with Crippen molar-refractivity contribution in [3.63, 3.8) is 0 Å². The summed E-state index contributed by atoms with van der Waals surface area (Å²) in [5.41, 5.74) is 5.79. The summed E-state index contributed by atoms with van der Waals surface area (Å²) >= 11 is 3.25. The molecule has 3 heterocycles. The SMILES string of the molecule is CC(C)(C)OC(=O)CC1=N[C@@]2(c3cc(N)cs3)COC[C@H]2CS1. The summed E-state index contributed by atoms with van der Waals surface area (Å²) in [6.45, 7) is 6.87. The van der Waals surface area contributed by atoms with Gasteiger partial charge in [-0.15, -0.1) is 23.1 Å². The molecule has 1 saturated heterocycles. The maximum absolute atomic E-state index is 12.1. The molecule has 0 radical (unpaired) electrons. The molecule has 2 atom stereocenters. The predicted octanol–water partition coefficient (Wildman–Crippen LogP) is 3.05. The fraction of sp³-hybridized carbons (Fsp3) is 0.625. The van der Waals surface area contributed by atoms with E-state index in [0.717, 1.165) is 21.4 Å². The molecule has 0 spiro atoms. The lowest BCUT2D eigenvalue weighted by molar-refractivity contribution is -0.153. The maximum Gasteiger partial charge on any atom is 0.312 e. The average molecular weight is 354 g/mol. The lowest BCUT2D eigenvalue weighted by Gasteiger charge is -2.33. The second-order valence-electron chi connectivity index (χ2n) is 6.96. The fourth-order valence-electron chi connectivity index (χ4n) is 2.87. The molecule has 3 rings (SSSR count). The van der Waals surface area contributed by atoms with Gasteiger partial charge in [0.25, 0.3) is 0 Å². The van der Waals surface area contributed by atoms with Crippen LogP contribution < -0.4 is 5.73 Å². The van der Waals surface area contributed by atoms with Crippen LogP contribution in [0.5, 0.6) is 0 Å². The molecule has 0 unspecified atom stereocenters. The van der Waals surface area contributed by atoms with Crippen molar-refractivity contribution in [3.8, 4) is 0 Å². The number of ether oxygens (including phenoxy) is 2. The molecule has 1 fully saturated rings. The molecule has 7 heteroatoms. The first-order valence-electron chi connectivity index (χ1n) is 7.64. The topological polar surface area (TPSA) is 73.9 Å². The van der Waals surface area contributed by atoms with Crippen LogP contribution in [-0.2, 0) is 19.8 Å². The summed E-state index contributed by atoms with van der Waals surface area (Å²) in [5, 5.41) is 2.76. The van der Waals surface area contributed by atoms with Gasteiger partial charge in [0.15, 0.2) is 0 Å². The van der Waals surface area contributed by atoms with Gasteiger partial charge in [-0.3, -0.25) is 9.79 Å². The molecule has 0 aliphatic carbocycles. The molecule has 2 aliphatic heterocycles. The lowest BCUT2D eigenvalue weighted by atomic mass is 9.87. The number of thioether (sulfide) groups is 1. The molecule has 2 N–H and O–H groups in total. The Morgan fingerprint density at radius 2 is 2.35 bits per heavy atom. The first-order valence-corrected chi connectivity index (χ1v) is 9.51. The predicted molar refractivity (Wildman–Crippen MR) is 95.1 cm³/mol. The molecule has 2 aliphatic rings. The van der Waals surface area contributed by atoms with Gasteiger partial charge in [-0.1, -0.05) is 0 Å². The number of nitrogens with two attached hydrogens (primary N) is 1. The van der Waals surface area contributed by atoms with Gasteiger partial charge in [-0.05, 0) is 26.8 Å². The minimum absolute atomic E-state index is 0.220. The molecule has 0 aromatic carbocycles. The summed E-state index contributed by atoms with van der Waals surface area (Å²) in [7, 11) is 0. The highest BCUT2D eigenvalue weighted by atomic mass is 32.2. The zero-order valence-electron chi connectivity index (χ0n) is 13.6. The van der Waals surface area contributed by atoms with E-state index in [1.54, 1.807) is 23.1 Å². The van der Waals surface area contributed by atoms with E-state index >= 15 is 0 Å². The summed E-state index contributed by atoms with van der Waals surface area (Å²) in [6.07, 6.45) is 0.220. The smallest absolute Gasteiger partial charge is 0.312 e. The fourth-order valence-corrected chi connectivity index (χ4v) is 5.09. The van der Waals surface area contributed by atoms with E-state index in [1.807, 2.05) is 32.2 Å². The second-order valence-corrected chi connectivity index (χ2v) is 8.96. The van der Waals surface area contributed by atoms with Crippen LogP contribution in [0.25, 0.3) is 0 Å². The highest BCUT2D eigenvalue weighted by Crippen LogP contribution is 2.47. The molecule has 1 aromatic heterocycles. The quantitative estimate of drug-likeness (QED) is 0.845. The summed E-state index contributed by atoms with van der Waals surface area (Å²) in [4.78, 5) is 18.2. The van der Waals surface area contributed by atoms with Crippen molar-refractivity contribution in [2.24, 2.45) is 10.9 Å². The lowest BCUT2D eigenvalue weighted by Crippen LogP contribution is -2.38. The summed E-state index contributed by atoms with van der Waals surface area (Å²) < 4.78 is 11.1. The van der Waals surface area contributed by atoms with Crippen LogP contribution in [0.2, 0.25) is 0 Å².